The van der Waals surface area contributed by atoms with Gasteiger partial charge in [-0.25, -0.2) is 4.79 Å². The second-order valence-electron chi connectivity index (χ2n) is 5.16. The fourth-order valence-corrected chi connectivity index (χ4v) is 3.44. The summed E-state index contributed by atoms with van der Waals surface area (Å²) in [6.07, 6.45) is 2.80. The highest BCUT2D eigenvalue weighted by atomic mass is 35.5. The second-order valence-corrected chi connectivity index (χ2v) is 5.54. The first-order chi connectivity index (χ1) is 9.19. The van der Waals surface area contributed by atoms with Crippen molar-refractivity contribution >= 4 is 17.6 Å². The highest BCUT2D eigenvalue weighted by Gasteiger charge is 2.38. The van der Waals surface area contributed by atoms with Gasteiger partial charge in [-0.1, -0.05) is 23.7 Å². The summed E-state index contributed by atoms with van der Waals surface area (Å²) in [5.41, 5.74) is 1.55. The number of carbonyl (C=O) groups excluding carboxylic acids is 1. The van der Waals surface area contributed by atoms with Gasteiger partial charge in [-0.05, 0) is 36.8 Å². The van der Waals surface area contributed by atoms with E-state index in [-0.39, 0.29) is 18.1 Å². The number of nitrogens with zero attached hydrogens (tertiary/aromatic N) is 1. The van der Waals surface area contributed by atoms with E-state index in [2.05, 4.69) is 16.7 Å². The monoisotopic (exact) mass is 275 g/mol. The molecule has 1 aliphatic heterocycles. The van der Waals surface area contributed by atoms with E-state index in [1.165, 1.54) is 0 Å². The highest BCUT2D eigenvalue weighted by Crippen LogP contribution is 2.38. The third-order valence-corrected chi connectivity index (χ3v) is 4.49. The molecule has 1 aromatic carbocycles. The number of amides is 2. The lowest BCUT2D eigenvalue weighted by Gasteiger charge is -2.31. The van der Waals surface area contributed by atoms with Crippen molar-refractivity contribution in [3.63, 3.8) is 0 Å². The zero-order chi connectivity index (χ0) is 13.4. The Morgan fingerprint density at radius 3 is 2.84 bits per heavy atom. The van der Waals surface area contributed by atoms with Crippen molar-refractivity contribution in [2.45, 2.75) is 37.3 Å². The Kier molecular flexibility index (Phi) is 3.08. The van der Waals surface area contributed by atoms with Crippen LogP contribution in [0.5, 0.6) is 0 Å². The van der Waals surface area contributed by atoms with Crippen LogP contribution >= 0.6 is 11.6 Å². The van der Waals surface area contributed by atoms with Gasteiger partial charge in [0.05, 0.1) is 22.7 Å². The van der Waals surface area contributed by atoms with E-state index in [0.717, 1.165) is 24.8 Å². The summed E-state index contributed by atoms with van der Waals surface area (Å²) in [7, 11) is 0. The molecule has 2 amide bonds. The molecule has 3 unspecified atom stereocenters. The molecule has 1 aliphatic carbocycles. The third-order valence-electron chi connectivity index (χ3n) is 4.07. The quantitative estimate of drug-likeness (QED) is 0.827. The molecule has 2 N–H and O–H groups in total. The summed E-state index contributed by atoms with van der Waals surface area (Å²) in [5, 5.41) is 15.5. The molecular weight excluding hydrogens is 262 g/mol. The van der Waals surface area contributed by atoms with Crippen LogP contribution in [-0.2, 0) is 0 Å². The molecule has 19 heavy (non-hydrogen) atoms. The van der Waals surface area contributed by atoms with E-state index in [9.17, 15) is 4.79 Å². The molecule has 0 aromatic heterocycles. The Hall–Kier alpha value is -1.73. The van der Waals surface area contributed by atoms with E-state index in [1.807, 2.05) is 12.1 Å². The van der Waals surface area contributed by atoms with Crippen molar-refractivity contribution in [2.24, 2.45) is 0 Å². The minimum absolute atomic E-state index is 0.0764. The normalized spacial score (nSPS) is 29.1. The Bertz CT molecular complexity index is 566. The smallest absolute Gasteiger partial charge is 0.315 e. The SMILES string of the molecule is N#Cc1cccc(C2CCC3NC(=O)NC3C2)c1Cl. The second kappa shape index (κ2) is 4.75. The predicted molar refractivity (Wildman–Crippen MR) is 72.0 cm³/mol. The van der Waals surface area contributed by atoms with Crippen LogP contribution in [0.15, 0.2) is 18.2 Å². The molecule has 2 aliphatic rings. The molecule has 98 valence electrons. The van der Waals surface area contributed by atoms with Crippen molar-refractivity contribution in [3.05, 3.63) is 34.3 Å². The van der Waals surface area contributed by atoms with E-state index in [0.29, 0.717) is 16.5 Å². The van der Waals surface area contributed by atoms with Crippen molar-refractivity contribution in [1.82, 2.24) is 10.6 Å². The van der Waals surface area contributed by atoms with E-state index in [4.69, 9.17) is 16.9 Å². The number of rotatable bonds is 1. The minimum Gasteiger partial charge on any atom is -0.333 e. The van der Waals surface area contributed by atoms with Crippen LogP contribution in [0.3, 0.4) is 0 Å². The van der Waals surface area contributed by atoms with Gasteiger partial charge < -0.3 is 10.6 Å². The first kappa shape index (κ1) is 12.3. The highest BCUT2D eigenvalue weighted by molar-refractivity contribution is 6.32. The van der Waals surface area contributed by atoms with Gasteiger partial charge in [0, 0.05) is 0 Å². The summed E-state index contributed by atoms with van der Waals surface area (Å²) in [5.74, 6) is 0.308. The van der Waals surface area contributed by atoms with Crippen molar-refractivity contribution in [2.75, 3.05) is 0 Å². The average molecular weight is 276 g/mol. The molecule has 1 heterocycles. The van der Waals surface area contributed by atoms with Crippen LogP contribution < -0.4 is 10.6 Å². The maximum atomic E-state index is 11.3. The summed E-state index contributed by atoms with van der Waals surface area (Å²) < 4.78 is 0. The van der Waals surface area contributed by atoms with Crippen molar-refractivity contribution in [1.29, 1.82) is 5.26 Å². The lowest BCUT2D eigenvalue weighted by molar-refractivity contribution is 0.247. The van der Waals surface area contributed by atoms with Crippen LogP contribution in [0.2, 0.25) is 5.02 Å². The zero-order valence-corrected chi connectivity index (χ0v) is 11.1. The van der Waals surface area contributed by atoms with Crippen LogP contribution in [0.25, 0.3) is 0 Å². The predicted octanol–water partition coefficient (Wildman–Crippen LogP) is 2.53. The Labute approximate surface area is 116 Å². The fourth-order valence-electron chi connectivity index (χ4n) is 3.12. The van der Waals surface area contributed by atoms with Crippen LogP contribution in [0, 0.1) is 11.3 Å². The molecule has 0 spiro atoms. The van der Waals surface area contributed by atoms with Crippen LogP contribution in [-0.4, -0.2) is 18.1 Å². The minimum atomic E-state index is -0.0764. The number of halogens is 1. The fraction of sp³-hybridized carbons (Fsp3) is 0.429. The van der Waals surface area contributed by atoms with Crippen molar-refractivity contribution < 1.29 is 4.79 Å². The molecule has 0 radical (unpaired) electrons. The summed E-state index contributed by atoms with van der Waals surface area (Å²) in [6, 6.07) is 8.04. The number of carbonyl (C=O) groups is 1. The topological polar surface area (TPSA) is 64.9 Å². The van der Waals surface area contributed by atoms with E-state index in [1.54, 1.807) is 6.07 Å². The van der Waals surface area contributed by atoms with E-state index >= 15 is 0 Å². The zero-order valence-electron chi connectivity index (χ0n) is 10.3. The summed E-state index contributed by atoms with van der Waals surface area (Å²) in [6.45, 7) is 0. The molecule has 2 fully saturated rings. The maximum Gasteiger partial charge on any atom is 0.315 e. The molecule has 5 heteroatoms. The summed E-state index contributed by atoms with van der Waals surface area (Å²) in [4.78, 5) is 11.3. The Morgan fingerprint density at radius 2 is 2.05 bits per heavy atom. The molecule has 4 nitrogen and oxygen atoms in total. The molecule has 1 saturated heterocycles. The van der Waals surface area contributed by atoms with Gasteiger partial charge in [0.15, 0.2) is 0 Å². The lowest BCUT2D eigenvalue weighted by Crippen LogP contribution is -2.38. The first-order valence-corrected chi connectivity index (χ1v) is 6.82. The van der Waals surface area contributed by atoms with Gasteiger partial charge in [-0.15, -0.1) is 0 Å². The average Bonchev–Trinajstić information content (AvgIpc) is 2.78. The summed E-state index contributed by atoms with van der Waals surface area (Å²) >= 11 is 6.29. The maximum absolute atomic E-state index is 11.3. The largest absolute Gasteiger partial charge is 0.333 e. The molecule has 3 atom stereocenters. The van der Waals surface area contributed by atoms with Gasteiger partial charge >= 0.3 is 6.03 Å². The number of hydrogen-bond acceptors (Lipinski definition) is 2. The third kappa shape index (κ3) is 2.15. The van der Waals surface area contributed by atoms with Gasteiger partial charge in [-0.2, -0.15) is 5.26 Å². The van der Waals surface area contributed by atoms with E-state index < -0.39 is 0 Å². The number of fused-ring (bicyclic) bond motifs is 1. The number of urea groups is 1. The van der Waals surface area contributed by atoms with Gasteiger partial charge in [0.1, 0.15) is 6.07 Å². The molecule has 3 rings (SSSR count). The van der Waals surface area contributed by atoms with Gasteiger partial charge in [0.2, 0.25) is 0 Å². The number of benzene rings is 1. The Morgan fingerprint density at radius 1 is 1.26 bits per heavy atom. The van der Waals surface area contributed by atoms with Crippen molar-refractivity contribution in [3.8, 4) is 6.07 Å². The van der Waals surface area contributed by atoms with Crippen LogP contribution in [0.1, 0.15) is 36.3 Å². The molecule has 1 saturated carbocycles. The molecule has 0 bridgehead atoms. The first-order valence-electron chi connectivity index (χ1n) is 6.44. The van der Waals surface area contributed by atoms with Crippen LogP contribution in [0.4, 0.5) is 4.79 Å². The van der Waals surface area contributed by atoms with Gasteiger partial charge in [-0.3, -0.25) is 0 Å². The standard InChI is InChI=1S/C14H14ClN3O/c15-13-9(7-16)2-1-3-10(13)8-4-5-11-12(6-8)18-14(19)17-11/h1-3,8,11-12H,4-6H2,(H2,17,18,19). The molecule has 1 aromatic rings. The van der Waals surface area contributed by atoms with Gasteiger partial charge in [0.25, 0.3) is 0 Å². The Balaban J connectivity index is 1.84. The lowest BCUT2D eigenvalue weighted by atomic mass is 9.79. The number of nitrogens with one attached hydrogen (secondary N) is 2. The number of hydrogen-bond donors (Lipinski definition) is 2. The molecular formula is C14H14ClN3O. The number of nitriles is 1.